The van der Waals surface area contributed by atoms with E-state index in [1.54, 1.807) is 0 Å². The van der Waals surface area contributed by atoms with E-state index in [-0.39, 0.29) is 0 Å². The van der Waals surface area contributed by atoms with Gasteiger partial charge in [-0.05, 0) is 25.2 Å². The molecule has 1 heterocycles. The fourth-order valence-corrected chi connectivity index (χ4v) is 3.14. The molecular formula is C14H31IO. The summed E-state index contributed by atoms with van der Waals surface area (Å²) in [5.74, 6) is 0.855. The van der Waals surface area contributed by atoms with Crippen molar-refractivity contribution in [2.75, 3.05) is 6.61 Å². The molecule has 0 aliphatic carbocycles. The van der Waals surface area contributed by atoms with Crippen LogP contribution in [-0.2, 0) is 4.74 Å². The molecular weight excluding hydrogens is 311 g/mol. The molecule has 1 saturated heterocycles. The van der Waals surface area contributed by atoms with E-state index < -0.39 is 0 Å². The highest BCUT2D eigenvalue weighted by Gasteiger charge is 2.23. The molecule has 0 N–H and O–H groups in total. The quantitative estimate of drug-likeness (QED) is 0.454. The van der Waals surface area contributed by atoms with Crippen molar-refractivity contribution in [2.24, 2.45) is 5.92 Å². The first kappa shape index (κ1) is 19.0. The van der Waals surface area contributed by atoms with Crippen molar-refractivity contribution < 1.29 is 4.74 Å². The molecule has 0 aromatic heterocycles. The Bertz CT molecular complexity index is 128. The average molecular weight is 342 g/mol. The van der Waals surface area contributed by atoms with Crippen molar-refractivity contribution in [3.8, 4) is 0 Å². The van der Waals surface area contributed by atoms with Crippen molar-refractivity contribution in [1.82, 2.24) is 0 Å². The predicted molar refractivity (Wildman–Crippen MR) is 83.6 cm³/mol. The summed E-state index contributed by atoms with van der Waals surface area (Å²) in [6, 6.07) is 0. The first-order valence-corrected chi connectivity index (χ1v) is 8.15. The molecule has 0 saturated carbocycles. The minimum Gasteiger partial charge on any atom is -0.377 e. The van der Waals surface area contributed by atoms with Gasteiger partial charge in [-0.1, -0.05) is 70.6 Å². The summed E-state index contributed by atoms with van der Waals surface area (Å²) in [4.78, 5) is 0. The summed E-state index contributed by atoms with van der Waals surface area (Å²) in [6.07, 6.45) is 5.51. The van der Waals surface area contributed by atoms with Gasteiger partial charge in [0.1, 0.15) is 0 Å². The minimum absolute atomic E-state index is 0.514. The highest BCUT2D eigenvalue weighted by molar-refractivity contribution is 14.1. The third-order valence-corrected chi connectivity index (χ3v) is 3.69. The zero-order valence-electron chi connectivity index (χ0n) is 12.1. The predicted octanol–water partition coefficient (Wildman–Crippen LogP) is 5.46. The number of hydrogen-bond acceptors (Lipinski definition) is 1. The molecule has 1 fully saturated rings. The van der Waals surface area contributed by atoms with Crippen LogP contribution in [0.5, 0.6) is 0 Å². The van der Waals surface area contributed by atoms with E-state index in [2.05, 4.69) is 50.3 Å². The molecule has 100 valence electrons. The highest BCUT2D eigenvalue weighted by Crippen LogP contribution is 2.26. The first-order chi connectivity index (χ1) is 7.65. The van der Waals surface area contributed by atoms with Crippen LogP contribution in [0.25, 0.3) is 0 Å². The lowest BCUT2D eigenvalue weighted by Gasteiger charge is -2.18. The van der Waals surface area contributed by atoms with Gasteiger partial charge < -0.3 is 4.74 Å². The molecule has 1 unspecified atom stereocenters. The van der Waals surface area contributed by atoms with Gasteiger partial charge >= 0.3 is 0 Å². The number of alkyl halides is 1. The number of rotatable bonds is 1. The molecule has 0 aromatic carbocycles. The van der Waals surface area contributed by atoms with Gasteiger partial charge in [0.2, 0.25) is 0 Å². The number of ether oxygens (including phenoxy) is 1. The van der Waals surface area contributed by atoms with Crippen LogP contribution in [0.2, 0.25) is 0 Å². The maximum atomic E-state index is 5.73. The molecule has 0 spiro atoms. The zero-order valence-corrected chi connectivity index (χ0v) is 14.2. The summed E-state index contributed by atoms with van der Waals surface area (Å²) < 4.78 is 6.46. The Hall–Kier alpha value is 0.690. The van der Waals surface area contributed by atoms with Crippen LogP contribution in [0.1, 0.15) is 67.2 Å². The van der Waals surface area contributed by atoms with Gasteiger partial charge in [-0.2, -0.15) is 0 Å². The summed E-state index contributed by atoms with van der Waals surface area (Å²) >= 11 is 2.53. The van der Waals surface area contributed by atoms with Crippen molar-refractivity contribution >= 4 is 22.6 Å². The highest BCUT2D eigenvalue weighted by atomic mass is 127. The van der Waals surface area contributed by atoms with E-state index in [1.807, 2.05) is 13.8 Å². The molecule has 2 heteroatoms. The molecule has 0 aromatic rings. The largest absolute Gasteiger partial charge is 0.377 e. The van der Waals surface area contributed by atoms with Gasteiger partial charge in [0.05, 0.1) is 6.10 Å². The van der Waals surface area contributed by atoms with E-state index in [9.17, 15) is 0 Å². The fraction of sp³-hybridized carbons (Fsp3) is 1.00. The first-order valence-electron chi connectivity index (χ1n) is 6.91. The zero-order chi connectivity index (χ0) is 13.0. The Kier molecular flexibility index (Phi) is 16.4. The van der Waals surface area contributed by atoms with Gasteiger partial charge in [0.25, 0.3) is 0 Å². The van der Waals surface area contributed by atoms with E-state index >= 15 is 0 Å². The Labute approximate surface area is 117 Å². The summed E-state index contributed by atoms with van der Waals surface area (Å²) in [7, 11) is 0. The SMILES string of the molecule is CC.CCC.CCC1OCC[C@H](C)C[C@@H]1I. The Balaban J connectivity index is 0. The van der Waals surface area contributed by atoms with Gasteiger partial charge in [-0.3, -0.25) is 0 Å². The topological polar surface area (TPSA) is 9.23 Å². The van der Waals surface area contributed by atoms with Crippen molar-refractivity contribution in [3.05, 3.63) is 0 Å². The molecule has 1 rings (SSSR count). The molecule has 1 nitrogen and oxygen atoms in total. The summed E-state index contributed by atoms with van der Waals surface area (Å²) in [6.45, 7) is 13.8. The monoisotopic (exact) mass is 342 g/mol. The smallest absolute Gasteiger partial charge is 0.0690 e. The minimum atomic E-state index is 0.514. The molecule has 0 bridgehead atoms. The molecule has 1 aliphatic heterocycles. The molecule has 0 amide bonds. The average Bonchev–Trinajstić information content (AvgIpc) is 2.43. The molecule has 1 aliphatic rings. The lowest BCUT2D eigenvalue weighted by Crippen LogP contribution is -2.21. The molecule has 3 atom stereocenters. The van der Waals surface area contributed by atoms with Crippen LogP contribution < -0.4 is 0 Å². The Morgan fingerprint density at radius 2 is 1.69 bits per heavy atom. The van der Waals surface area contributed by atoms with Crippen molar-refractivity contribution in [2.45, 2.75) is 77.3 Å². The molecule has 16 heavy (non-hydrogen) atoms. The van der Waals surface area contributed by atoms with Crippen molar-refractivity contribution in [3.63, 3.8) is 0 Å². The normalized spacial score (nSPS) is 29.1. The second-order valence-corrected chi connectivity index (χ2v) is 5.77. The maximum absolute atomic E-state index is 5.73. The third kappa shape index (κ3) is 9.88. The second kappa shape index (κ2) is 13.8. The summed E-state index contributed by atoms with van der Waals surface area (Å²) in [5, 5.41) is 0. The van der Waals surface area contributed by atoms with Gasteiger partial charge in [0.15, 0.2) is 0 Å². The molecule has 0 radical (unpaired) electrons. The van der Waals surface area contributed by atoms with Crippen LogP contribution in [0.15, 0.2) is 0 Å². The second-order valence-electron chi connectivity index (χ2n) is 4.17. The number of halogens is 1. The van der Waals surface area contributed by atoms with Crippen LogP contribution in [0.3, 0.4) is 0 Å². The lowest BCUT2D eigenvalue weighted by atomic mass is 10.0. The van der Waals surface area contributed by atoms with E-state index in [0.29, 0.717) is 6.10 Å². The Morgan fingerprint density at radius 1 is 1.19 bits per heavy atom. The van der Waals surface area contributed by atoms with Gasteiger partial charge in [0, 0.05) is 10.5 Å². The van der Waals surface area contributed by atoms with Crippen molar-refractivity contribution in [1.29, 1.82) is 0 Å². The standard InChI is InChI=1S/C9H17IO.C3H8.C2H6/c1-3-9-8(10)6-7(2)4-5-11-9;1-3-2;1-2/h7-9H,3-6H2,1-2H3;3H2,1-2H3;1-2H3/t7-,8-,9?;;/m0../s1. The maximum Gasteiger partial charge on any atom is 0.0690 e. The van der Waals surface area contributed by atoms with Crippen LogP contribution in [-0.4, -0.2) is 16.6 Å². The van der Waals surface area contributed by atoms with E-state index in [4.69, 9.17) is 4.74 Å². The van der Waals surface area contributed by atoms with E-state index in [1.165, 1.54) is 25.7 Å². The third-order valence-electron chi connectivity index (χ3n) is 2.38. The van der Waals surface area contributed by atoms with Gasteiger partial charge in [-0.15, -0.1) is 0 Å². The fourth-order valence-electron chi connectivity index (χ4n) is 1.55. The van der Waals surface area contributed by atoms with Crippen LogP contribution >= 0.6 is 22.6 Å². The Morgan fingerprint density at radius 3 is 2.12 bits per heavy atom. The number of hydrogen-bond donors (Lipinski definition) is 0. The van der Waals surface area contributed by atoms with Crippen LogP contribution in [0.4, 0.5) is 0 Å². The van der Waals surface area contributed by atoms with Gasteiger partial charge in [-0.25, -0.2) is 0 Å². The lowest BCUT2D eigenvalue weighted by molar-refractivity contribution is 0.0617. The van der Waals surface area contributed by atoms with E-state index in [0.717, 1.165) is 16.4 Å². The van der Waals surface area contributed by atoms with Crippen LogP contribution in [0, 0.1) is 5.92 Å². The summed E-state index contributed by atoms with van der Waals surface area (Å²) in [5.41, 5.74) is 0.